The zero-order chi connectivity index (χ0) is 48.1. The summed E-state index contributed by atoms with van der Waals surface area (Å²) in [4.78, 5) is 55.8. The molecule has 68 heavy (non-hydrogen) atoms. The first-order valence-electron chi connectivity index (χ1n) is 22.1. The highest BCUT2D eigenvalue weighted by Gasteiger charge is 2.29. The molecule has 8 heterocycles. The number of rotatable bonds is 10. The van der Waals surface area contributed by atoms with E-state index in [4.69, 9.17) is 44.3 Å². The second-order valence-electron chi connectivity index (χ2n) is 17.0. The first-order valence-corrected chi connectivity index (χ1v) is 24.5. The number of fused-ring (bicyclic) bond motifs is 2. The van der Waals surface area contributed by atoms with Crippen LogP contribution < -0.4 is 15.3 Å². The van der Waals surface area contributed by atoms with Crippen molar-refractivity contribution >= 4 is 94.1 Å². The molecule has 0 aliphatic carbocycles. The molecular formula is C46H48BBrN10O8S2. The summed E-state index contributed by atoms with van der Waals surface area (Å²) in [7, 11) is -1.55. The van der Waals surface area contributed by atoms with Crippen molar-refractivity contribution in [2.75, 3.05) is 36.0 Å². The Morgan fingerprint density at radius 2 is 1.06 bits per heavy atom. The van der Waals surface area contributed by atoms with Crippen LogP contribution in [0.15, 0.2) is 86.4 Å². The van der Waals surface area contributed by atoms with E-state index >= 15 is 0 Å². The number of aromatic carboxylic acids is 2. The van der Waals surface area contributed by atoms with Crippen LogP contribution in [0.3, 0.4) is 0 Å². The third-order valence-corrected chi connectivity index (χ3v) is 14.0. The second-order valence-corrected chi connectivity index (χ2v) is 19.7. The quantitative estimate of drug-likeness (QED) is 0.0742. The zero-order valence-corrected chi connectivity index (χ0v) is 40.8. The van der Waals surface area contributed by atoms with Crippen molar-refractivity contribution in [3.63, 3.8) is 0 Å². The minimum Gasteiger partial charge on any atom is -0.478 e. The summed E-state index contributed by atoms with van der Waals surface area (Å²) in [5.74, 6) is 2.35. The van der Waals surface area contributed by atoms with E-state index in [1.54, 1.807) is 46.9 Å². The number of thiazole rings is 2. The lowest BCUT2D eigenvalue weighted by Crippen LogP contribution is -2.32. The number of piperidine rings is 2. The SMILES string of the molecule is CC(C)c1noc(C2CCN(c3nc4ccc(-c5ccc(C(=O)O)cc5)nc4s3)CC2)n1.CC(C)c1noc(C2CCN(c3nc4ccc(Br)nc4s3)CC2)n1.O=C(O)c1ccc(B(O)O)cc1. The number of hydrogen-bond acceptors (Lipinski definition) is 18. The Morgan fingerprint density at radius 1 is 0.618 bits per heavy atom. The van der Waals surface area contributed by atoms with Crippen LogP contribution in [0.1, 0.15) is 121 Å². The van der Waals surface area contributed by atoms with E-state index in [0.29, 0.717) is 17.8 Å². The van der Waals surface area contributed by atoms with Crippen LogP contribution in [0, 0.1) is 0 Å². The molecule has 4 N–H and O–H groups in total. The lowest BCUT2D eigenvalue weighted by Gasteiger charge is -2.29. The number of pyridine rings is 2. The van der Waals surface area contributed by atoms with Gasteiger partial charge in [-0.25, -0.2) is 29.5 Å². The fourth-order valence-electron chi connectivity index (χ4n) is 7.53. The molecule has 352 valence electrons. The van der Waals surface area contributed by atoms with Crippen LogP contribution in [0.2, 0.25) is 0 Å². The van der Waals surface area contributed by atoms with Gasteiger partial charge in [0, 0.05) is 55.4 Å². The topological polar surface area (TPSA) is 251 Å². The number of nitrogens with zero attached hydrogens (tertiary/aromatic N) is 10. The Kier molecular flexibility index (Phi) is 15.2. The van der Waals surface area contributed by atoms with Crippen LogP contribution in [-0.4, -0.2) is 106 Å². The van der Waals surface area contributed by atoms with Gasteiger partial charge in [-0.3, -0.25) is 0 Å². The van der Waals surface area contributed by atoms with E-state index in [2.05, 4.69) is 78.7 Å². The third-order valence-electron chi connectivity index (χ3n) is 11.5. The highest BCUT2D eigenvalue weighted by atomic mass is 79.9. The van der Waals surface area contributed by atoms with Gasteiger partial charge >= 0.3 is 19.1 Å². The van der Waals surface area contributed by atoms with Gasteiger partial charge < -0.3 is 39.1 Å². The van der Waals surface area contributed by atoms with E-state index in [1.165, 1.54) is 24.3 Å². The molecule has 0 amide bonds. The summed E-state index contributed by atoms with van der Waals surface area (Å²) < 4.78 is 11.8. The van der Waals surface area contributed by atoms with E-state index in [-0.39, 0.29) is 22.5 Å². The average Bonchev–Trinajstić information content (AvgIpc) is 4.19. The van der Waals surface area contributed by atoms with Crippen LogP contribution in [0.5, 0.6) is 0 Å². The molecule has 2 aliphatic heterocycles. The number of carbonyl (C=O) groups is 2. The molecule has 0 unspecified atom stereocenters. The van der Waals surface area contributed by atoms with E-state index in [9.17, 15) is 9.59 Å². The van der Waals surface area contributed by atoms with Gasteiger partial charge in [0.25, 0.3) is 0 Å². The van der Waals surface area contributed by atoms with Gasteiger partial charge in [-0.05, 0) is 95.6 Å². The molecule has 2 aromatic carbocycles. The maximum absolute atomic E-state index is 11.1. The molecule has 0 atom stereocenters. The highest BCUT2D eigenvalue weighted by Crippen LogP contribution is 2.36. The van der Waals surface area contributed by atoms with E-state index in [1.807, 2.05) is 24.3 Å². The van der Waals surface area contributed by atoms with Gasteiger partial charge in [-0.1, -0.05) is 84.9 Å². The van der Waals surface area contributed by atoms with Crippen LogP contribution >= 0.6 is 38.6 Å². The van der Waals surface area contributed by atoms with Crippen LogP contribution in [0.4, 0.5) is 10.3 Å². The summed E-state index contributed by atoms with van der Waals surface area (Å²) in [6.45, 7) is 12.0. The number of carboxylic acids is 2. The molecule has 2 aliphatic rings. The first kappa shape index (κ1) is 48.3. The number of carboxylic acid groups (broad SMARTS) is 2. The van der Waals surface area contributed by atoms with Gasteiger partial charge in [-0.15, -0.1) is 0 Å². The minimum atomic E-state index is -1.55. The van der Waals surface area contributed by atoms with Crippen molar-refractivity contribution in [1.82, 2.24) is 40.2 Å². The van der Waals surface area contributed by atoms with Crippen molar-refractivity contribution in [1.29, 1.82) is 0 Å². The van der Waals surface area contributed by atoms with Crippen LogP contribution in [-0.2, 0) is 0 Å². The Hall–Kier alpha value is -6.20. The van der Waals surface area contributed by atoms with Gasteiger partial charge in [0.2, 0.25) is 11.8 Å². The fraction of sp³-hybridized carbons (Fsp3) is 0.348. The summed E-state index contributed by atoms with van der Waals surface area (Å²) in [6, 6.07) is 19.9. The Balaban J connectivity index is 0.000000152. The van der Waals surface area contributed by atoms with Crippen molar-refractivity contribution in [3.8, 4) is 11.3 Å². The van der Waals surface area contributed by atoms with Gasteiger partial charge in [0.05, 0.1) is 16.8 Å². The minimum absolute atomic E-state index is 0.124. The van der Waals surface area contributed by atoms with Gasteiger partial charge in [0.15, 0.2) is 21.9 Å². The zero-order valence-electron chi connectivity index (χ0n) is 37.6. The van der Waals surface area contributed by atoms with Crippen LogP contribution in [0.25, 0.3) is 32.0 Å². The Bertz CT molecular complexity index is 2980. The number of hydrogen-bond donors (Lipinski definition) is 4. The van der Waals surface area contributed by atoms with Crippen molar-refractivity contribution in [2.45, 2.75) is 77.0 Å². The molecule has 0 radical (unpaired) electrons. The molecule has 0 bridgehead atoms. The predicted octanol–water partition coefficient (Wildman–Crippen LogP) is 8.36. The average molecular weight is 1020 g/mol. The molecule has 2 saturated heterocycles. The molecule has 0 spiro atoms. The smallest absolute Gasteiger partial charge is 0.478 e. The molecule has 0 saturated carbocycles. The van der Waals surface area contributed by atoms with E-state index < -0.39 is 19.1 Å². The largest absolute Gasteiger partial charge is 0.488 e. The number of benzene rings is 2. The Morgan fingerprint density at radius 3 is 1.49 bits per heavy atom. The fourth-order valence-corrected chi connectivity index (χ4v) is 9.94. The highest BCUT2D eigenvalue weighted by molar-refractivity contribution is 9.10. The van der Waals surface area contributed by atoms with E-state index in [0.717, 1.165) is 122 Å². The van der Waals surface area contributed by atoms with Gasteiger partial charge in [-0.2, -0.15) is 9.97 Å². The summed E-state index contributed by atoms with van der Waals surface area (Å²) in [5, 5.41) is 45.1. The predicted molar refractivity (Wildman–Crippen MR) is 263 cm³/mol. The summed E-state index contributed by atoms with van der Waals surface area (Å²) >= 11 is 6.64. The maximum Gasteiger partial charge on any atom is 0.488 e. The Labute approximate surface area is 407 Å². The molecule has 6 aromatic heterocycles. The number of halogens is 1. The van der Waals surface area contributed by atoms with Crippen molar-refractivity contribution in [3.05, 3.63) is 112 Å². The second kappa shape index (κ2) is 21.4. The molecule has 18 nitrogen and oxygen atoms in total. The molecule has 22 heteroatoms. The molecule has 2 fully saturated rings. The number of aromatic nitrogens is 8. The molecular weight excluding hydrogens is 975 g/mol. The molecule has 8 aromatic rings. The first-order chi connectivity index (χ1) is 32.7. The van der Waals surface area contributed by atoms with Gasteiger partial charge in [0.1, 0.15) is 25.3 Å². The van der Waals surface area contributed by atoms with Crippen molar-refractivity contribution < 1.29 is 38.9 Å². The number of anilines is 2. The van der Waals surface area contributed by atoms with Crippen molar-refractivity contribution in [2.24, 2.45) is 0 Å². The third kappa shape index (κ3) is 11.6. The lowest BCUT2D eigenvalue weighted by atomic mass is 9.80. The lowest BCUT2D eigenvalue weighted by molar-refractivity contribution is 0.0686. The monoisotopic (exact) mass is 1020 g/mol. The maximum atomic E-state index is 11.1. The summed E-state index contributed by atoms with van der Waals surface area (Å²) in [6.07, 6.45) is 3.91. The normalized spacial score (nSPS) is 14.5. The standard InChI is InChI=1S/C23H23N5O3S.C16H18BrN5OS.C7H7BO4/c1-13(2)19-26-20(31-27-19)15-9-11-28(12-10-15)23-25-18-8-7-17(24-21(18)32-23)14-3-5-16(6-4-14)22(29)30;1-9(2)13-20-14(23-21-13)10-5-7-22(8-6-10)16-18-11-3-4-12(17)19-15(11)24-16;9-7(10)5-1-3-6(4-2-5)8(11)12/h3-8,13,15H,9-12H2,1-2H3,(H,29,30);3-4,9-10H,5-8H2,1-2H3;1-4,11-12H,(H,9,10). The molecule has 10 rings (SSSR count). The summed E-state index contributed by atoms with van der Waals surface area (Å²) in [5.41, 5.74) is 4.18.